The number of nitrogens with zero attached hydrogens (tertiary/aromatic N) is 4. The van der Waals surface area contributed by atoms with Gasteiger partial charge in [-0.05, 0) is 30.7 Å². The molecule has 0 saturated heterocycles. The number of methoxy groups -OCH3 is 2. The fourth-order valence-corrected chi connectivity index (χ4v) is 2.30. The van der Waals surface area contributed by atoms with Crippen LogP contribution in [0.25, 0.3) is 5.78 Å². The average molecular weight is 327 g/mol. The molecule has 0 fully saturated rings. The Bertz CT molecular complexity index is 844. The molecule has 8 nitrogen and oxygen atoms in total. The number of benzene rings is 1. The van der Waals surface area contributed by atoms with Gasteiger partial charge < -0.3 is 14.8 Å². The molecule has 124 valence electrons. The number of carbonyl (C=O) groups excluding carboxylic acids is 1. The minimum atomic E-state index is -0.372. The van der Waals surface area contributed by atoms with Crippen LogP contribution in [0.4, 0.5) is 0 Å². The summed E-state index contributed by atoms with van der Waals surface area (Å²) in [5.74, 6) is 1.31. The number of amides is 1. The van der Waals surface area contributed by atoms with E-state index in [0.29, 0.717) is 17.3 Å². The normalized spacial score (nSPS) is 12.0. The predicted molar refractivity (Wildman–Crippen MR) is 86.2 cm³/mol. The number of carbonyl (C=O) groups is 1. The summed E-state index contributed by atoms with van der Waals surface area (Å²) in [6, 6.07) is 6.95. The van der Waals surface area contributed by atoms with Gasteiger partial charge in [-0.3, -0.25) is 4.79 Å². The van der Waals surface area contributed by atoms with Gasteiger partial charge in [0.25, 0.3) is 11.7 Å². The Morgan fingerprint density at radius 3 is 2.75 bits per heavy atom. The maximum absolute atomic E-state index is 12.3. The molecule has 1 aromatic carbocycles. The van der Waals surface area contributed by atoms with Crippen LogP contribution < -0.4 is 14.8 Å². The largest absolute Gasteiger partial charge is 0.493 e. The number of rotatable bonds is 5. The van der Waals surface area contributed by atoms with Crippen molar-refractivity contribution in [1.29, 1.82) is 0 Å². The topological polar surface area (TPSA) is 90.6 Å². The lowest BCUT2D eigenvalue weighted by Crippen LogP contribution is -2.27. The number of fused-ring (bicyclic) bond motifs is 1. The third-order valence-electron chi connectivity index (χ3n) is 3.57. The molecule has 0 aliphatic heterocycles. The van der Waals surface area contributed by atoms with E-state index in [2.05, 4.69) is 20.4 Å². The van der Waals surface area contributed by atoms with Crippen molar-refractivity contribution >= 4 is 11.7 Å². The number of ether oxygens (including phenoxy) is 2. The van der Waals surface area contributed by atoms with Crippen LogP contribution >= 0.6 is 0 Å². The Morgan fingerprint density at radius 1 is 1.25 bits per heavy atom. The molecule has 1 N–H and O–H groups in total. The molecule has 3 rings (SSSR count). The van der Waals surface area contributed by atoms with Crippen LogP contribution in [0.1, 0.15) is 29.1 Å². The van der Waals surface area contributed by atoms with E-state index in [1.54, 1.807) is 38.7 Å². The standard InChI is InChI=1S/C16H17N5O3/c1-10(11-5-6-12(23-2)13(9-11)24-3)18-15(22)14-19-16-17-7-4-8-21(16)20-14/h4-10H,1-3H3,(H,18,22). The maximum Gasteiger partial charge on any atom is 0.291 e. The predicted octanol–water partition coefficient (Wildman–Crippen LogP) is 1.63. The Morgan fingerprint density at radius 2 is 2.04 bits per heavy atom. The van der Waals surface area contributed by atoms with Crippen molar-refractivity contribution in [3.8, 4) is 11.5 Å². The van der Waals surface area contributed by atoms with Gasteiger partial charge in [-0.15, -0.1) is 5.10 Å². The molecular formula is C16H17N5O3. The fourth-order valence-electron chi connectivity index (χ4n) is 2.30. The Balaban J connectivity index is 1.78. The third kappa shape index (κ3) is 2.98. The smallest absolute Gasteiger partial charge is 0.291 e. The Hall–Kier alpha value is -3.16. The van der Waals surface area contributed by atoms with Crippen molar-refractivity contribution in [1.82, 2.24) is 24.9 Å². The van der Waals surface area contributed by atoms with E-state index in [4.69, 9.17) is 9.47 Å². The van der Waals surface area contributed by atoms with E-state index in [-0.39, 0.29) is 17.8 Å². The van der Waals surface area contributed by atoms with Crippen molar-refractivity contribution < 1.29 is 14.3 Å². The van der Waals surface area contributed by atoms with Crippen molar-refractivity contribution in [2.45, 2.75) is 13.0 Å². The van der Waals surface area contributed by atoms with Crippen molar-refractivity contribution in [2.75, 3.05) is 14.2 Å². The molecule has 0 radical (unpaired) electrons. The van der Waals surface area contributed by atoms with Crippen molar-refractivity contribution in [3.05, 3.63) is 48.0 Å². The van der Waals surface area contributed by atoms with E-state index in [1.165, 1.54) is 4.52 Å². The summed E-state index contributed by atoms with van der Waals surface area (Å²) < 4.78 is 11.9. The molecule has 3 aromatic rings. The van der Waals surface area contributed by atoms with Crippen LogP contribution in [0.2, 0.25) is 0 Å². The van der Waals surface area contributed by atoms with Gasteiger partial charge in [0.05, 0.1) is 20.3 Å². The zero-order chi connectivity index (χ0) is 17.1. The second kappa shape index (κ2) is 6.53. The number of aromatic nitrogens is 4. The zero-order valence-electron chi connectivity index (χ0n) is 13.6. The molecule has 8 heteroatoms. The van der Waals surface area contributed by atoms with Gasteiger partial charge in [-0.25, -0.2) is 9.50 Å². The van der Waals surface area contributed by atoms with Gasteiger partial charge >= 0.3 is 0 Å². The molecule has 1 atom stereocenters. The molecule has 24 heavy (non-hydrogen) atoms. The first-order chi connectivity index (χ1) is 11.6. The van der Waals surface area contributed by atoms with Crippen LogP contribution in [-0.2, 0) is 0 Å². The second-order valence-electron chi connectivity index (χ2n) is 5.11. The highest BCUT2D eigenvalue weighted by atomic mass is 16.5. The van der Waals surface area contributed by atoms with Crippen LogP contribution in [0.3, 0.4) is 0 Å². The summed E-state index contributed by atoms with van der Waals surface area (Å²) in [7, 11) is 3.14. The van der Waals surface area contributed by atoms with Crippen LogP contribution in [0.5, 0.6) is 11.5 Å². The van der Waals surface area contributed by atoms with E-state index in [9.17, 15) is 4.79 Å². The summed E-state index contributed by atoms with van der Waals surface area (Å²) in [5, 5.41) is 6.97. The molecule has 0 aliphatic carbocycles. The summed E-state index contributed by atoms with van der Waals surface area (Å²) >= 11 is 0. The van der Waals surface area contributed by atoms with Crippen molar-refractivity contribution in [3.63, 3.8) is 0 Å². The molecule has 1 unspecified atom stereocenters. The summed E-state index contributed by atoms with van der Waals surface area (Å²) in [6.45, 7) is 1.87. The van der Waals surface area contributed by atoms with E-state index in [1.807, 2.05) is 19.1 Å². The van der Waals surface area contributed by atoms with Gasteiger partial charge in [0, 0.05) is 12.4 Å². The highest BCUT2D eigenvalue weighted by molar-refractivity contribution is 5.91. The fraction of sp³-hybridized carbons (Fsp3) is 0.250. The molecule has 1 amide bonds. The molecule has 0 aliphatic rings. The van der Waals surface area contributed by atoms with Gasteiger partial charge in [0.15, 0.2) is 11.5 Å². The Labute approximate surface area is 138 Å². The summed E-state index contributed by atoms with van der Waals surface area (Å²) in [6.07, 6.45) is 3.28. The lowest BCUT2D eigenvalue weighted by Gasteiger charge is -2.15. The van der Waals surface area contributed by atoms with E-state index in [0.717, 1.165) is 5.56 Å². The first-order valence-corrected chi connectivity index (χ1v) is 7.32. The third-order valence-corrected chi connectivity index (χ3v) is 3.57. The first kappa shape index (κ1) is 15.7. The van der Waals surface area contributed by atoms with E-state index >= 15 is 0 Å². The first-order valence-electron chi connectivity index (χ1n) is 7.32. The molecule has 2 heterocycles. The zero-order valence-corrected chi connectivity index (χ0v) is 13.6. The van der Waals surface area contributed by atoms with Crippen LogP contribution in [0, 0.1) is 0 Å². The SMILES string of the molecule is COc1ccc(C(C)NC(=O)c2nc3ncccn3n2)cc1OC. The number of hydrogen-bond acceptors (Lipinski definition) is 6. The Kier molecular flexibility index (Phi) is 4.28. The van der Waals surface area contributed by atoms with Crippen molar-refractivity contribution in [2.24, 2.45) is 0 Å². The quantitative estimate of drug-likeness (QED) is 0.766. The highest BCUT2D eigenvalue weighted by Gasteiger charge is 2.17. The highest BCUT2D eigenvalue weighted by Crippen LogP contribution is 2.29. The van der Waals surface area contributed by atoms with Gasteiger partial charge in [-0.1, -0.05) is 6.07 Å². The second-order valence-corrected chi connectivity index (χ2v) is 5.11. The number of hydrogen-bond donors (Lipinski definition) is 1. The molecule has 0 saturated carbocycles. The minimum Gasteiger partial charge on any atom is -0.493 e. The summed E-state index contributed by atoms with van der Waals surface area (Å²) in [4.78, 5) is 20.5. The van der Waals surface area contributed by atoms with E-state index < -0.39 is 0 Å². The lowest BCUT2D eigenvalue weighted by atomic mass is 10.1. The van der Waals surface area contributed by atoms with Crippen LogP contribution in [-0.4, -0.2) is 39.7 Å². The van der Waals surface area contributed by atoms with Gasteiger partial charge in [0.1, 0.15) is 0 Å². The monoisotopic (exact) mass is 327 g/mol. The average Bonchev–Trinajstić information content (AvgIpc) is 3.05. The van der Waals surface area contributed by atoms with Gasteiger partial charge in [0.2, 0.25) is 5.82 Å². The molecule has 0 bridgehead atoms. The van der Waals surface area contributed by atoms with Gasteiger partial charge in [-0.2, -0.15) is 4.98 Å². The van der Waals surface area contributed by atoms with Crippen LogP contribution in [0.15, 0.2) is 36.7 Å². The molecule has 2 aromatic heterocycles. The minimum absolute atomic E-state index is 0.0704. The summed E-state index contributed by atoms with van der Waals surface area (Å²) in [5.41, 5.74) is 0.878. The number of nitrogens with one attached hydrogen (secondary N) is 1. The lowest BCUT2D eigenvalue weighted by molar-refractivity contribution is 0.0929. The maximum atomic E-state index is 12.3. The molecule has 0 spiro atoms. The molecular weight excluding hydrogens is 310 g/mol.